The Morgan fingerprint density at radius 2 is 1.77 bits per heavy atom. The zero-order chi connectivity index (χ0) is 18.9. The monoisotopic (exact) mass is 354 g/mol. The molecule has 0 radical (unpaired) electrons. The van der Waals surface area contributed by atoms with Crippen LogP contribution in [-0.2, 0) is 22.6 Å². The van der Waals surface area contributed by atoms with E-state index in [0.29, 0.717) is 24.5 Å². The molecule has 0 atom stereocenters. The fourth-order valence-corrected chi connectivity index (χ4v) is 2.58. The molecule has 1 N–H and O–H groups in total. The molecule has 0 aromatic heterocycles. The topological polar surface area (TPSA) is 58.6 Å². The predicted molar refractivity (Wildman–Crippen MR) is 103 cm³/mol. The minimum Gasteiger partial charge on any atom is -0.484 e. The fraction of sp³-hybridized carbons (Fsp3) is 0.333. The highest BCUT2D eigenvalue weighted by Gasteiger charge is 2.08. The van der Waals surface area contributed by atoms with Crippen molar-refractivity contribution in [2.75, 3.05) is 18.5 Å². The third-order valence-electron chi connectivity index (χ3n) is 4.11. The number of ether oxygens (including phenoxy) is 1. The van der Waals surface area contributed by atoms with E-state index < -0.39 is 0 Å². The molecule has 2 rings (SSSR count). The SMILES string of the molecule is CCc1ccc(OCC(=O)Nc2cccc(CN(CC)C(C)=O)c2)cc1. The van der Waals surface area contributed by atoms with Crippen LogP contribution in [0.25, 0.3) is 0 Å². The smallest absolute Gasteiger partial charge is 0.262 e. The second-order valence-corrected chi connectivity index (χ2v) is 6.07. The Balaban J connectivity index is 1.89. The third kappa shape index (κ3) is 5.92. The summed E-state index contributed by atoms with van der Waals surface area (Å²) in [6.45, 7) is 6.71. The average molecular weight is 354 g/mol. The molecular formula is C21H26N2O3. The van der Waals surface area contributed by atoms with E-state index in [1.165, 1.54) is 5.56 Å². The molecule has 0 aliphatic rings. The Kier molecular flexibility index (Phi) is 7.21. The van der Waals surface area contributed by atoms with Gasteiger partial charge in [0.05, 0.1) is 0 Å². The van der Waals surface area contributed by atoms with Crippen LogP contribution in [0.3, 0.4) is 0 Å². The molecule has 0 spiro atoms. The van der Waals surface area contributed by atoms with Crippen LogP contribution in [-0.4, -0.2) is 29.9 Å². The lowest BCUT2D eigenvalue weighted by molar-refractivity contribution is -0.129. The molecule has 26 heavy (non-hydrogen) atoms. The van der Waals surface area contributed by atoms with Gasteiger partial charge < -0.3 is 15.0 Å². The Labute approximate surface area is 155 Å². The van der Waals surface area contributed by atoms with Crippen LogP contribution < -0.4 is 10.1 Å². The zero-order valence-corrected chi connectivity index (χ0v) is 15.6. The Hall–Kier alpha value is -2.82. The Morgan fingerprint density at radius 3 is 2.38 bits per heavy atom. The molecule has 138 valence electrons. The second-order valence-electron chi connectivity index (χ2n) is 6.07. The van der Waals surface area contributed by atoms with Crippen molar-refractivity contribution in [1.29, 1.82) is 0 Å². The number of hydrogen-bond acceptors (Lipinski definition) is 3. The van der Waals surface area contributed by atoms with Crippen molar-refractivity contribution < 1.29 is 14.3 Å². The lowest BCUT2D eigenvalue weighted by Gasteiger charge is -2.19. The first kappa shape index (κ1) is 19.5. The molecule has 2 amide bonds. The van der Waals surface area contributed by atoms with Crippen molar-refractivity contribution in [2.24, 2.45) is 0 Å². The lowest BCUT2D eigenvalue weighted by atomic mass is 10.2. The Morgan fingerprint density at radius 1 is 1.04 bits per heavy atom. The fourth-order valence-electron chi connectivity index (χ4n) is 2.58. The average Bonchev–Trinajstić information content (AvgIpc) is 2.65. The quantitative estimate of drug-likeness (QED) is 0.787. The van der Waals surface area contributed by atoms with Gasteiger partial charge in [0, 0.05) is 25.7 Å². The van der Waals surface area contributed by atoms with E-state index in [1.807, 2.05) is 55.5 Å². The van der Waals surface area contributed by atoms with Crippen molar-refractivity contribution in [3.63, 3.8) is 0 Å². The number of rotatable bonds is 8. The molecule has 2 aromatic carbocycles. The third-order valence-corrected chi connectivity index (χ3v) is 4.11. The maximum atomic E-state index is 12.1. The van der Waals surface area contributed by atoms with Gasteiger partial charge in [-0.1, -0.05) is 31.2 Å². The van der Waals surface area contributed by atoms with Crippen LogP contribution in [0.4, 0.5) is 5.69 Å². The van der Waals surface area contributed by atoms with Crippen LogP contribution in [0.15, 0.2) is 48.5 Å². The van der Waals surface area contributed by atoms with E-state index in [0.717, 1.165) is 12.0 Å². The Bertz CT molecular complexity index is 741. The minimum absolute atomic E-state index is 0.0319. The largest absolute Gasteiger partial charge is 0.484 e. The van der Waals surface area contributed by atoms with E-state index in [-0.39, 0.29) is 18.4 Å². The summed E-state index contributed by atoms with van der Waals surface area (Å²) in [5.74, 6) is 0.483. The number of nitrogens with one attached hydrogen (secondary N) is 1. The van der Waals surface area contributed by atoms with Gasteiger partial charge in [0.2, 0.25) is 5.91 Å². The summed E-state index contributed by atoms with van der Waals surface area (Å²) < 4.78 is 5.52. The molecule has 2 aromatic rings. The molecular weight excluding hydrogens is 328 g/mol. The normalized spacial score (nSPS) is 10.3. The maximum absolute atomic E-state index is 12.1. The first-order chi connectivity index (χ1) is 12.5. The van der Waals surface area contributed by atoms with Gasteiger partial charge in [-0.25, -0.2) is 0 Å². The summed E-state index contributed by atoms with van der Waals surface area (Å²) in [7, 11) is 0. The number of amides is 2. The van der Waals surface area contributed by atoms with Gasteiger partial charge in [0.1, 0.15) is 5.75 Å². The van der Waals surface area contributed by atoms with Gasteiger partial charge in [0.15, 0.2) is 6.61 Å². The van der Waals surface area contributed by atoms with E-state index in [1.54, 1.807) is 11.8 Å². The number of carbonyl (C=O) groups is 2. The molecule has 0 bridgehead atoms. The van der Waals surface area contributed by atoms with Gasteiger partial charge in [-0.05, 0) is 48.7 Å². The van der Waals surface area contributed by atoms with Crippen LogP contribution in [0.5, 0.6) is 5.75 Å². The number of anilines is 1. The van der Waals surface area contributed by atoms with Crippen molar-refractivity contribution in [2.45, 2.75) is 33.7 Å². The first-order valence-electron chi connectivity index (χ1n) is 8.87. The van der Waals surface area contributed by atoms with Gasteiger partial charge in [-0.2, -0.15) is 0 Å². The van der Waals surface area contributed by atoms with E-state index in [4.69, 9.17) is 4.74 Å². The van der Waals surface area contributed by atoms with E-state index in [2.05, 4.69) is 12.2 Å². The number of benzene rings is 2. The van der Waals surface area contributed by atoms with Crippen molar-refractivity contribution in [3.05, 3.63) is 59.7 Å². The molecule has 5 heteroatoms. The van der Waals surface area contributed by atoms with Crippen LogP contribution in [0.2, 0.25) is 0 Å². The highest BCUT2D eigenvalue weighted by molar-refractivity contribution is 5.91. The molecule has 0 aliphatic carbocycles. The standard InChI is InChI=1S/C21H26N2O3/c1-4-17-9-11-20(12-10-17)26-15-21(25)22-19-8-6-7-18(13-19)14-23(5-2)16(3)24/h6-13H,4-5,14-15H2,1-3H3,(H,22,25). The van der Waals surface area contributed by atoms with Crippen molar-refractivity contribution in [3.8, 4) is 5.75 Å². The summed E-state index contributed by atoms with van der Waals surface area (Å²) in [6, 6.07) is 15.2. The minimum atomic E-state index is -0.222. The highest BCUT2D eigenvalue weighted by Crippen LogP contribution is 2.14. The summed E-state index contributed by atoms with van der Waals surface area (Å²) in [4.78, 5) is 25.4. The number of carbonyl (C=O) groups excluding carboxylic acids is 2. The van der Waals surface area contributed by atoms with Crippen LogP contribution in [0, 0.1) is 0 Å². The highest BCUT2D eigenvalue weighted by atomic mass is 16.5. The molecule has 0 unspecified atom stereocenters. The summed E-state index contributed by atoms with van der Waals surface area (Å²) >= 11 is 0. The summed E-state index contributed by atoms with van der Waals surface area (Å²) in [6.07, 6.45) is 0.968. The molecule has 5 nitrogen and oxygen atoms in total. The molecule has 0 aliphatic heterocycles. The van der Waals surface area contributed by atoms with Crippen molar-refractivity contribution >= 4 is 17.5 Å². The molecule has 0 fully saturated rings. The zero-order valence-electron chi connectivity index (χ0n) is 15.6. The van der Waals surface area contributed by atoms with Gasteiger partial charge >= 0.3 is 0 Å². The summed E-state index contributed by atoms with van der Waals surface area (Å²) in [5, 5.41) is 2.83. The van der Waals surface area contributed by atoms with E-state index in [9.17, 15) is 9.59 Å². The first-order valence-corrected chi connectivity index (χ1v) is 8.87. The lowest BCUT2D eigenvalue weighted by Crippen LogP contribution is -2.27. The summed E-state index contributed by atoms with van der Waals surface area (Å²) in [5.41, 5.74) is 2.89. The number of nitrogens with zero attached hydrogens (tertiary/aromatic N) is 1. The van der Waals surface area contributed by atoms with Gasteiger partial charge in [-0.15, -0.1) is 0 Å². The predicted octanol–water partition coefficient (Wildman–Crippen LogP) is 3.63. The van der Waals surface area contributed by atoms with Gasteiger partial charge in [-0.3, -0.25) is 9.59 Å². The van der Waals surface area contributed by atoms with Crippen LogP contribution >= 0.6 is 0 Å². The second kappa shape index (κ2) is 9.61. The van der Waals surface area contributed by atoms with Crippen LogP contribution in [0.1, 0.15) is 31.9 Å². The molecule has 0 saturated carbocycles. The maximum Gasteiger partial charge on any atom is 0.262 e. The van der Waals surface area contributed by atoms with Crippen molar-refractivity contribution in [1.82, 2.24) is 4.90 Å². The van der Waals surface area contributed by atoms with E-state index >= 15 is 0 Å². The molecule has 0 heterocycles. The van der Waals surface area contributed by atoms with Gasteiger partial charge in [0.25, 0.3) is 5.91 Å². The number of hydrogen-bond donors (Lipinski definition) is 1. The number of aryl methyl sites for hydroxylation is 1. The molecule has 0 saturated heterocycles.